The molecule has 0 amide bonds. The lowest BCUT2D eigenvalue weighted by molar-refractivity contribution is -0.145. The van der Waals surface area contributed by atoms with Crippen LogP contribution in [0.2, 0.25) is 0 Å². The Morgan fingerprint density at radius 3 is 2.52 bits per heavy atom. The summed E-state index contributed by atoms with van der Waals surface area (Å²) in [6.45, 7) is 4.68. The molecule has 1 aromatic rings. The molecule has 0 radical (unpaired) electrons. The molecular weight excluding hydrogens is 349 g/mol. The van der Waals surface area contributed by atoms with Gasteiger partial charge in [-0.25, -0.2) is 14.3 Å². The first kappa shape index (κ1) is 20.3. The van der Waals surface area contributed by atoms with Crippen LogP contribution >= 0.6 is 0 Å². The average molecular weight is 373 g/mol. The number of nitrogens with two attached hydrogens (primary N) is 1. The van der Waals surface area contributed by atoms with Gasteiger partial charge in [-0.05, 0) is 44.3 Å². The minimum Gasteiger partial charge on any atom is -0.423 e. The molecule has 10 heteroatoms. The molecule has 1 atom stereocenters. The summed E-state index contributed by atoms with van der Waals surface area (Å²) in [6.07, 6.45) is 1.39. The third kappa shape index (κ3) is 5.75. The maximum Gasteiger partial charge on any atom is 0.488 e. The van der Waals surface area contributed by atoms with Crippen molar-refractivity contribution in [3.05, 3.63) is 24.3 Å². The van der Waals surface area contributed by atoms with Gasteiger partial charge in [0.2, 0.25) is 0 Å². The van der Waals surface area contributed by atoms with E-state index < -0.39 is 22.7 Å². The lowest BCUT2D eigenvalue weighted by Crippen LogP contribution is -2.30. The minimum absolute atomic E-state index is 0.0139. The molecule has 25 heavy (non-hydrogen) atoms. The van der Waals surface area contributed by atoms with Gasteiger partial charge in [0.25, 0.3) is 0 Å². The summed E-state index contributed by atoms with van der Waals surface area (Å²) in [4.78, 5) is 4.59. The summed E-state index contributed by atoms with van der Waals surface area (Å²) in [5.41, 5.74) is 0.205. The molecule has 8 nitrogen and oxygen atoms in total. The highest BCUT2D eigenvalue weighted by Crippen LogP contribution is 2.33. The zero-order valence-corrected chi connectivity index (χ0v) is 15.1. The highest BCUT2D eigenvalue weighted by atomic mass is 32.2. The Morgan fingerprint density at radius 1 is 1.36 bits per heavy atom. The molecule has 2 aliphatic rings. The largest absolute Gasteiger partial charge is 0.488 e. The molecule has 0 unspecified atom stereocenters. The molecule has 3 rings (SSSR count). The summed E-state index contributed by atoms with van der Waals surface area (Å²) in [7, 11) is -4.87. The van der Waals surface area contributed by atoms with Gasteiger partial charge in [0, 0.05) is 0 Å². The van der Waals surface area contributed by atoms with Crippen LogP contribution in [0.3, 0.4) is 0 Å². The van der Waals surface area contributed by atoms with Crippen molar-refractivity contribution in [2.75, 3.05) is 13.2 Å². The zero-order chi connectivity index (χ0) is 18.7. The number of rotatable bonds is 5. The molecule has 2 fully saturated rings. The topological polar surface area (TPSA) is 128 Å². The second kappa shape index (κ2) is 8.13. The predicted octanol–water partition coefficient (Wildman–Crippen LogP) is -0.669. The molecule has 4 N–H and O–H groups in total. The van der Waals surface area contributed by atoms with E-state index in [4.69, 9.17) is 25.4 Å². The van der Waals surface area contributed by atoms with Crippen molar-refractivity contribution in [3.8, 4) is 0 Å². The van der Waals surface area contributed by atoms with Crippen LogP contribution < -0.4 is 11.4 Å². The van der Waals surface area contributed by atoms with E-state index in [1.54, 1.807) is 0 Å². The monoisotopic (exact) mass is 373 g/mol. The Kier molecular flexibility index (Phi) is 6.60. The van der Waals surface area contributed by atoms with Gasteiger partial charge >= 0.3 is 7.12 Å². The van der Waals surface area contributed by atoms with Crippen molar-refractivity contribution >= 4 is 22.4 Å². The van der Waals surface area contributed by atoms with Gasteiger partial charge in [-0.3, -0.25) is 0 Å². The second-order valence-corrected chi connectivity index (χ2v) is 8.70. The van der Waals surface area contributed by atoms with Gasteiger partial charge in [0.05, 0.1) is 23.4 Å². The molecule has 1 aliphatic heterocycles. The van der Waals surface area contributed by atoms with Crippen molar-refractivity contribution in [1.29, 1.82) is 0 Å². The quantitative estimate of drug-likeness (QED) is 0.458. The van der Waals surface area contributed by atoms with Crippen LogP contribution in [0.5, 0.6) is 0 Å². The van der Waals surface area contributed by atoms with Gasteiger partial charge < -0.3 is 24.4 Å². The van der Waals surface area contributed by atoms with Crippen LogP contribution in [0.1, 0.15) is 26.7 Å². The Labute approximate surface area is 147 Å². The summed E-state index contributed by atoms with van der Waals surface area (Å²) in [5, 5.41) is 17.6. The number of hydrogen-bond donors (Lipinski definition) is 3. The van der Waals surface area contributed by atoms with Crippen molar-refractivity contribution in [1.82, 2.24) is 0 Å². The first-order chi connectivity index (χ1) is 11.7. The maximum absolute atomic E-state index is 11.8. The fourth-order valence-electron chi connectivity index (χ4n) is 2.38. The van der Waals surface area contributed by atoms with Crippen molar-refractivity contribution in [2.45, 2.75) is 48.7 Å². The van der Waals surface area contributed by atoms with Gasteiger partial charge in [-0.1, -0.05) is 12.1 Å². The van der Waals surface area contributed by atoms with E-state index in [2.05, 4.69) is 4.84 Å². The van der Waals surface area contributed by atoms with Crippen molar-refractivity contribution < 1.29 is 32.8 Å². The molecule has 0 spiro atoms. The molecule has 1 aliphatic carbocycles. The Hall–Kier alpha value is -1.01. The predicted molar refractivity (Wildman–Crippen MR) is 91.5 cm³/mol. The Morgan fingerprint density at radius 2 is 2.04 bits per heavy atom. The van der Waals surface area contributed by atoms with E-state index in [1.165, 1.54) is 24.3 Å². The lowest BCUT2D eigenvalue weighted by Gasteiger charge is -2.16. The highest BCUT2D eigenvalue weighted by molar-refractivity contribution is 7.92. The first-order valence-corrected chi connectivity index (χ1v) is 9.54. The Bertz CT molecular complexity index is 676. The second-order valence-electron chi connectivity index (χ2n) is 6.47. The van der Waals surface area contributed by atoms with Gasteiger partial charge in [0.15, 0.2) is 15.6 Å². The highest BCUT2D eigenvalue weighted by Gasteiger charge is 2.37. The number of sulfone groups is 1. The van der Waals surface area contributed by atoms with E-state index in [9.17, 15) is 8.42 Å². The molecule has 1 heterocycles. The smallest absolute Gasteiger partial charge is 0.423 e. The molecule has 1 aromatic carbocycles. The van der Waals surface area contributed by atoms with E-state index in [1.807, 2.05) is 13.8 Å². The fraction of sp³-hybridized carbons (Fsp3) is 0.600. The number of hydrogen-bond acceptors (Lipinski definition) is 8. The van der Waals surface area contributed by atoms with Crippen molar-refractivity contribution in [2.24, 2.45) is 5.90 Å². The lowest BCUT2D eigenvalue weighted by atomic mass is 9.80. The van der Waals surface area contributed by atoms with E-state index in [0.29, 0.717) is 26.1 Å². The molecule has 1 saturated carbocycles. The van der Waals surface area contributed by atoms with Crippen LogP contribution in [0.15, 0.2) is 29.2 Å². The Balaban J connectivity index is 0.000000196. The van der Waals surface area contributed by atoms with Crippen LogP contribution in [0.25, 0.3) is 0 Å². The fourth-order valence-corrected chi connectivity index (χ4v) is 4.09. The summed E-state index contributed by atoms with van der Waals surface area (Å²) in [5.74, 6) is 4.39. The molecular formula is C15H24BNO7S. The van der Waals surface area contributed by atoms with E-state index in [-0.39, 0.29) is 21.7 Å². The van der Waals surface area contributed by atoms with Crippen LogP contribution in [-0.2, 0) is 24.1 Å². The molecule has 1 saturated heterocycles. The number of benzene rings is 1. The SMILES string of the molecule is CC1(C)OC[C@@H](CON)O1.O=S(=O)(c1cccc(B(O)O)c1)C1CC1. The summed E-state index contributed by atoms with van der Waals surface area (Å²) < 4.78 is 34.2. The maximum atomic E-state index is 11.8. The first-order valence-electron chi connectivity index (χ1n) is 7.99. The summed E-state index contributed by atoms with van der Waals surface area (Å²) in [6, 6.07) is 5.80. The zero-order valence-electron chi connectivity index (χ0n) is 14.3. The van der Waals surface area contributed by atoms with E-state index >= 15 is 0 Å². The molecule has 140 valence electrons. The van der Waals surface area contributed by atoms with E-state index in [0.717, 1.165) is 0 Å². The number of ether oxygens (including phenoxy) is 2. The van der Waals surface area contributed by atoms with Crippen molar-refractivity contribution in [3.63, 3.8) is 0 Å². The minimum atomic E-state index is -3.24. The van der Waals surface area contributed by atoms with Crippen LogP contribution in [0, 0.1) is 0 Å². The standard InChI is InChI=1S/C9H11BO4S.C6H13NO3/c11-10(12)7-2-1-3-9(6-7)15(13,14)8-4-5-8;1-6(2)8-3-5(10-6)4-9-7/h1-3,6,8,11-12H,4-5H2;5H,3-4,7H2,1-2H3/t;5-/m.0/s1. The normalized spacial score (nSPS) is 22.2. The summed E-state index contributed by atoms with van der Waals surface area (Å²) >= 11 is 0. The van der Waals surface area contributed by atoms with Crippen LogP contribution in [-0.4, -0.2) is 55.9 Å². The van der Waals surface area contributed by atoms with Gasteiger partial charge in [0.1, 0.15) is 6.10 Å². The third-order valence-electron chi connectivity index (χ3n) is 3.80. The molecule has 0 aromatic heterocycles. The van der Waals surface area contributed by atoms with Gasteiger partial charge in [-0.2, -0.15) is 0 Å². The van der Waals surface area contributed by atoms with Crippen LogP contribution in [0.4, 0.5) is 0 Å². The van der Waals surface area contributed by atoms with Gasteiger partial charge in [-0.15, -0.1) is 0 Å². The molecule has 0 bridgehead atoms. The average Bonchev–Trinajstić information content (AvgIpc) is 3.34. The third-order valence-corrected chi connectivity index (χ3v) is 6.06.